The maximum Gasteiger partial charge on any atom is 0.276 e. The predicted molar refractivity (Wildman–Crippen MR) is 93.8 cm³/mol. The zero-order valence-corrected chi connectivity index (χ0v) is 14.8. The first-order valence-electron chi connectivity index (χ1n) is 9.00. The van der Waals surface area contributed by atoms with Gasteiger partial charge in [-0.3, -0.25) is 20.4 Å². The molecule has 0 unspecified atom stereocenters. The van der Waals surface area contributed by atoms with Gasteiger partial charge in [-0.1, -0.05) is 11.6 Å². The molecule has 0 spiro atoms. The van der Waals surface area contributed by atoms with Gasteiger partial charge in [0.1, 0.15) is 5.75 Å². The molecule has 6 heteroatoms. The van der Waals surface area contributed by atoms with Crippen LogP contribution in [0.15, 0.2) is 24.3 Å². The number of halogens is 1. The molecule has 0 aromatic heterocycles. The molecule has 0 saturated heterocycles. The van der Waals surface area contributed by atoms with Crippen LogP contribution in [-0.4, -0.2) is 18.4 Å². The second-order valence-corrected chi connectivity index (χ2v) is 8.38. The van der Waals surface area contributed by atoms with Crippen molar-refractivity contribution in [2.45, 2.75) is 38.5 Å². The van der Waals surface area contributed by atoms with Crippen molar-refractivity contribution in [3.8, 4) is 5.75 Å². The minimum Gasteiger partial charge on any atom is -0.484 e. The van der Waals surface area contributed by atoms with E-state index in [4.69, 9.17) is 16.3 Å². The third-order valence-electron chi connectivity index (χ3n) is 6.02. The number of hydrogen-bond donors (Lipinski definition) is 2. The maximum absolute atomic E-state index is 12.7. The molecule has 4 aliphatic carbocycles. The van der Waals surface area contributed by atoms with Crippen molar-refractivity contribution >= 4 is 23.4 Å². The first kappa shape index (κ1) is 16.7. The molecule has 5 nitrogen and oxygen atoms in total. The van der Waals surface area contributed by atoms with Crippen molar-refractivity contribution in [2.24, 2.45) is 23.2 Å². The van der Waals surface area contributed by atoms with Gasteiger partial charge in [-0.05, 0) is 80.5 Å². The van der Waals surface area contributed by atoms with E-state index >= 15 is 0 Å². The van der Waals surface area contributed by atoms with E-state index in [-0.39, 0.29) is 23.8 Å². The van der Waals surface area contributed by atoms with Gasteiger partial charge in [0.2, 0.25) is 5.91 Å². The van der Waals surface area contributed by atoms with Gasteiger partial charge in [-0.15, -0.1) is 0 Å². The fourth-order valence-electron chi connectivity index (χ4n) is 5.36. The Morgan fingerprint density at radius 2 is 1.56 bits per heavy atom. The molecule has 2 N–H and O–H groups in total. The molecule has 0 radical (unpaired) electrons. The number of carbonyl (C=O) groups is 2. The highest BCUT2D eigenvalue weighted by atomic mass is 35.5. The molecular weight excluding hydrogens is 340 g/mol. The quantitative estimate of drug-likeness (QED) is 0.809. The van der Waals surface area contributed by atoms with Crippen molar-refractivity contribution in [1.82, 2.24) is 10.9 Å². The Labute approximate surface area is 152 Å². The van der Waals surface area contributed by atoms with E-state index in [1.54, 1.807) is 24.3 Å². The minimum atomic E-state index is -0.368. The van der Waals surface area contributed by atoms with Crippen LogP contribution in [0.1, 0.15) is 38.5 Å². The molecule has 4 aliphatic rings. The van der Waals surface area contributed by atoms with E-state index in [1.165, 1.54) is 19.3 Å². The fourth-order valence-corrected chi connectivity index (χ4v) is 5.49. The van der Waals surface area contributed by atoms with Gasteiger partial charge < -0.3 is 4.74 Å². The van der Waals surface area contributed by atoms with Crippen LogP contribution < -0.4 is 15.6 Å². The smallest absolute Gasteiger partial charge is 0.276 e. The summed E-state index contributed by atoms with van der Waals surface area (Å²) in [7, 11) is 0. The zero-order valence-electron chi connectivity index (χ0n) is 14.1. The monoisotopic (exact) mass is 362 g/mol. The van der Waals surface area contributed by atoms with Crippen LogP contribution in [0.4, 0.5) is 0 Å². The van der Waals surface area contributed by atoms with Gasteiger partial charge in [-0.25, -0.2) is 0 Å². The zero-order chi connectivity index (χ0) is 17.4. The Balaban J connectivity index is 1.27. The molecule has 1 aromatic rings. The lowest BCUT2D eigenvalue weighted by molar-refractivity contribution is -0.149. The number of carbonyl (C=O) groups excluding carboxylic acids is 2. The molecular formula is C19H23ClN2O3. The van der Waals surface area contributed by atoms with E-state index in [0.29, 0.717) is 28.5 Å². The number of hydrogen-bond acceptors (Lipinski definition) is 3. The molecule has 4 fully saturated rings. The fraction of sp³-hybridized carbons (Fsp3) is 0.579. The average Bonchev–Trinajstić information content (AvgIpc) is 2.58. The van der Waals surface area contributed by atoms with Crippen molar-refractivity contribution in [2.75, 3.05) is 6.61 Å². The highest BCUT2D eigenvalue weighted by Crippen LogP contribution is 2.59. The third-order valence-corrected chi connectivity index (χ3v) is 6.27. The van der Waals surface area contributed by atoms with Crippen LogP contribution in [0.2, 0.25) is 5.02 Å². The van der Waals surface area contributed by atoms with Gasteiger partial charge in [0.25, 0.3) is 5.91 Å². The molecule has 4 saturated carbocycles. The van der Waals surface area contributed by atoms with Crippen molar-refractivity contribution in [3.05, 3.63) is 29.3 Å². The summed E-state index contributed by atoms with van der Waals surface area (Å²) in [6, 6.07) is 6.79. The number of hydrazine groups is 1. The van der Waals surface area contributed by atoms with Crippen LogP contribution >= 0.6 is 11.6 Å². The van der Waals surface area contributed by atoms with Crippen molar-refractivity contribution < 1.29 is 14.3 Å². The van der Waals surface area contributed by atoms with Crippen LogP contribution in [-0.2, 0) is 9.59 Å². The molecule has 1 aromatic carbocycles. The number of rotatable bonds is 4. The summed E-state index contributed by atoms with van der Waals surface area (Å²) >= 11 is 5.81. The number of nitrogens with one attached hydrogen (secondary N) is 2. The van der Waals surface area contributed by atoms with Gasteiger partial charge in [0.05, 0.1) is 5.41 Å². The number of benzene rings is 1. The van der Waals surface area contributed by atoms with Gasteiger partial charge >= 0.3 is 0 Å². The molecule has 0 atom stereocenters. The molecule has 4 bridgehead atoms. The summed E-state index contributed by atoms with van der Waals surface area (Å²) in [5, 5.41) is 0.611. The Morgan fingerprint density at radius 1 is 1.00 bits per heavy atom. The summed E-state index contributed by atoms with van der Waals surface area (Å²) in [6.07, 6.45) is 6.78. The first-order chi connectivity index (χ1) is 12.0. The lowest BCUT2D eigenvalue weighted by Crippen LogP contribution is -2.57. The lowest BCUT2D eigenvalue weighted by Gasteiger charge is -2.55. The molecule has 134 valence electrons. The largest absolute Gasteiger partial charge is 0.484 e. The second-order valence-electron chi connectivity index (χ2n) is 7.94. The highest BCUT2D eigenvalue weighted by molar-refractivity contribution is 6.30. The van der Waals surface area contributed by atoms with Gasteiger partial charge in [-0.2, -0.15) is 0 Å². The summed E-state index contributed by atoms with van der Waals surface area (Å²) in [4.78, 5) is 24.7. The topological polar surface area (TPSA) is 67.4 Å². The van der Waals surface area contributed by atoms with Crippen LogP contribution in [0.25, 0.3) is 0 Å². The second kappa shape index (κ2) is 6.52. The van der Waals surface area contributed by atoms with Crippen LogP contribution in [0.5, 0.6) is 5.75 Å². The standard InChI is InChI=1S/C19H23ClN2O3/c20-15-1-3-16(4-2-15)25-11-17(23)21-22-18(24)19-8-12-5-13(9-19)7-14(6-12)10-19/h1-4,12-14H,5-11H2,(H,21,23)(H,22,24). The Kier molecular flexibility index (Phi) is 4.36. The summed E-state index contributed by atoms with van der Waals surface area (Å²) in [5.74, 6) is 2.26. The lowest BCUT2D eigenvalue weighted by atomic mass is 9.49. The average molecular weight is 363 g/mol. The van der Waals surface area contributed by atoms with Gasteiger partial charge in [0, 0.05) is 5.02 Å². The van der Waals surface area contributed by atoms with E-state index in [9.17, 15) is 9.59 Å². The first-order valence-corrected chi connectivity index (χ1v) is 9.38. The maximum atomic E-state index is 12.7. The third kappa shape index (κ3) is 3.47. The summed E-state index contributed by atoms with van der Waals surface area (Å²) < 4.78 is 5.38. The molecule has 5 rings (SSSR count). The van der Waals surface area contributed by atoms with E-state index in [2.05, 4.69) is 10.9 Å². The molecule has 0 heterocycles. The van der Waals surface area contributed by atoms with Crippen LogP contribution in [0.3, 0.4) is 0 Å². The minimum absolute atomic E-state index is 0.0218. The Morgan fingerprint density at radius 3 is 2.12 bits per heavy atom. The molecule has 0 aliphatic heterocycles. The molecule has 25 heavy (non-hydrogen) atoms. The van der Waals surface area contributed by atoms with E-state index in [1.807, 2.05) is 0 Å². The predicted octanol–water partition coefficient (Wildman–Crippen LogP) is 3.08. The SMILES string of the molecule is O=C(COc1ccc(Cl)cc1)NNC(=O)C12CC3CC(CC(C3)C1)C2. The van der Waals surface area contributed by atoms with Crippen LogP contribution in [0, 0.1) is 23.2 Å². The van der Waals surface area contributed by atoms with Crippen molar-refractivity contribution in [1.29, 1.82) is 0 Å². The van der Waals surface area contributed by atoms with Crippen molar-refractivity contribution in [3.63, 3.8) is 0 Å². The van der Waals surface area contributed by atoms with E-state index in [0.717, 1.165) is 19.3 Å². The number of ether oxygens (including phenoxy) is 1. The Hall–Kier alpha value is -1.75. The van der Waals surface area contributed by atoms with E-state index < -0.39 is 0 Å². The highest BCUT2D eigenvalue weighted by Gasteiger charge is 2.54. The molecule has 2 amide bonds. The Bertz CT molecular complexity index is 638. The van der Waals surface area contributed by atoms with Gasteiger partial charge in [0.15, 0.2) is 6.61 Å². The normalized spacial score (nSPS) is 32.3. The number of amides is 2. The summed E-state index contributed by atoms with van der Waals surface area (Å²) in [6.45, 7) is -0.150. The summed E-state index contributed by atoms with van der Waals surface area (Å²) in [5.41, 5.74) is 4.88.